The van der Waals surface area contributed by atoms with E-state index in [0.29, 0.717) is 6.54 Å². The van der Waals surface area contributed by atoms with Gasteiger partial charge in [0.25, 0.3) is 0 Å². The predicted molar refractivity (Wildman–Crippen MR) is 69.1 cm³/mol. The average Bonchev–Trinajstić information content (AvgIpc) is 2.29. The van der Waals surface area contributed by atoms with Crippen LogP contribution in [-0.4, -0.2) is 21.0 Å². The lowest BCUT2D eigenvalue weighted by Gasteiger charge is -2.21. The van der Waals surface area contributed by atoms with Gasteiger partial charge >= 0.3 is 0 Å². The van der Waals surface area contributed by atoms with Crippen molar-refractivity contribution in [2.75, 3.05) is 11.9 Å². The molecule has 0 saturated carbocycles. The zero-order chi connectivity index (χ0) is 13.9. The van der Waals surface area contributed by atoms with E-state index in [1.165, 1.54) is 12.1 Å². The molecule has 5 nitrogen and oxygen atoms in total. The van der Waals surface area contributed by atoms with E-state index in [9.17, 15) is 12.8 Å². The van der Waals surface area contributed by atoms with Gasteiger partial charge in [-0.1, -0.05) is 6.92 Å². The maximum Gasteiger partial charge on any atom is 0.238 e. The molecule has 18 heavy (non-hydrogen) atoms. The Kier molecular flexibility index (Phi) is 4.66. The molecule has 0 aliphatic rings. The van der Waals surface area contributed by atoms with Gasteiger partial charge in [0, 0.05) is 6.04 Å². The molecule has 1 aromatic rings. The van der Waals surface area contributed by atoms with Crippen LogP contribution in [0.3, 0.4) is 0 Å². The minimum Gasteiger partial charge on any atom is -0.380 e. The Bertz CT molecular complexity index is 519. The van der Waals surface area contributed by atoms with Crippen molar-refractivity contribution in [1.82, 2.24) is 0 Å². The topological polar surface area (TPSA) is 98.2 Å². The van der Waals surface area contributed by atoms with Gasteiger partial charge in [-0.2, -0.15) is 0 Å². The summed E-state index contributed by atoms with van der Waals surface area (Å²) in [5, 5.41) is 7.86. The lowest BCUT2D eigenvalue weighted by Crippen LogP contribution is -2.29. The number of benzene rings is 1. The second-order valence-corrected chi connectivity index (χ2v) is 5.89. The lowest BCUT2D eigenvalue weighted by molar-refractivity contribution is 0.517. The maximum atomic E-state index is 13.7. The summed E-state index contributed by atoms with van der Waals surface area (Å²) in [5.74, 6) is -0.486. The summed E-state index contributed by atoms with van der Waals surface area (Å²) in [6.45, 7) is 4.30. The minimum absolute atomic E-state index is 0.0233. The SMILES string of the molecule is CC(CN)C(C)Nc1ccc(S(N)(=O)=O)cc1F. The van der Waals surface area contributed by atoms with Crippen LogP contribution in [0.5, 0.6) is 0 Å². The lowest BCUT2D eigenvalue weighted by atomic mass is 10.0. The van der Waals surface area contributed by atoms with Crippen LogP contribution in [0.4, 0.5) is 10.1 Å². The fourth-order valence-electron chi connectivity index (χ4n) is 1.38. The van der Waals surface area contributed by atoms with Crippen LogP contribution in [0.25, 0.3) is 0 Å². The van der Waals surface area contributed by atoms with Crippen LogP contribution in [0.1, 0.15) is 13.8 Å². The largest absolute Gasteiger partial charge is 0.380 e. The van der Waals surface area contributed by atoms with Crippen molar-refractivity contribution in [3.63, 3.8) is 0 Å². The Labute approximate surface area is 106 Å². The molecule has 1 aromatic carbocycles. The van der Waals surface area contributed by atoms with Crippen LogP contribution in [-0.2, 0) is 10.0 Å². The van der Waals surface area contributed by atoms with Gasteiger partial charge in [-0.3, -0.25) is 0 Å². The fourth-order valence-corrected chi connectivity index (χ4v) is 1.91. The summed E-state index contributed by atoms with van der Waals surface area (Å²) in [4.78, 5) is -0.245. The van der Waals surface area contributed by atoms with E-state index in [4.69, 9.17) is 10.9 Å². The number of anilines is 1. The molecule has 5 N–H and O–H groups in total. The highest BCUT2D eigenvalue weighted by molar-refractivity contribution is 7.89. The number of rotatable bonds is 5. The number of nitrogens with two attached hydrogens (primary N) is 2. The van der Waals surface area contributed by atoms with E-state index in [1.807, 2.05) is 13.8 Å². The van der Waals surface area contributed by atoms with Crippen molar-refractivity contribution in [3.8, 4) is 0 Å². The Morgan fingerprint density at radius 3 is 2.44 bits per heavy atom. The van der Waals surface area contributed by atoms with E-state index >= 15 is 0 Å². The van der Waals surface area contributed by atoms with Gasteiger partial charge in [0.15, 0.2) is 0 Å². The Hall–Kier alpha value is -1.18. The minimum atomic E-state index is -3.88. The first-order valence-corrected chi connectivity index (χ1v) is 7.09. The zero-order valence-electron chi connectivity index (χ0n) is 10.4. The number of nitrogens with one attached hydrogen (secondary N) is 1. The Balaban J connectivity index is 2.94. The van der Waals surface area contributed by atoms with Gasteiger partial charge in [-0.25, -0.2) is 17.9 Å². The monoisotopic (exact) mass is 275 g/mol. The smallest absolute Gasteiger partial charge is 0.238 e. The van der Waals surface area contributed by atoms with Crippen molar-refractivity contribution < 1.29 is 12.8 Å². The molecule has 7 heteroatoms. The molecule has 0 radical (unpaired) electrons. The maximum absolute atomic E-state index is 13.7. The third-order valence-corrected chi connectivity index (χ3v) is 3.79. The third-order valence-electron chi connectivity index (χ3n) is 2.88. The van der Waals surface area contributed by atoms with Crippen LogP contribution in [0.15, 0.2) is 23.1 Å². The molecule has 2 unspecified atom stereocenters. The van der Waals surface area contributed by atoms with Crippen LogP contribution in [0.2, 0.25) is 0 Å². The summed E-state index contributed by atoms with van der Waals surface area (Å²) in [5.41, 5.74) is 5.75. The summed E-state index contributed by atoms with van der Waals surface area (Å²) in [6.07, 6.45) is 0. The van der Waals surface area contributed by atoms with Crippen LogP contribution >= 0.6 is 0 Å². The van der Waals surface area contributed by atoms with E-state index in [2.05, 4.69) is 5.32 Å². The summed E-state index contributed by atoms with van der Waals surface area (Å²) >= 11 is 0. The molecule has 0 saturated heterocycles. The first-order valence-electron chi connectivity index (χ1n) is 5.54. The predicted octanol–water partition coefficient (Wildman–Crippen LogP) is 0.868. The fraction of sp³-hybridized carbons (Fsp3) is 0.455. The van der Waals surface area contributed by atoms with Crippen molar-refractivity contribution in [3.05, 3.63) is 24.0 Å². The number of halogens is 1. The summed E-state index contributed by atoms with van der Waals surface area (Å²) in [7, 11) is -3.88. The van der Waals surface area contributed by atoms with E-state index in [-0.39, 0.29) is 22.5 Å². The second-order valence-electron chi connectivity index (χ2n) is 4.33. The summed E-state index contributed by atoms with van der Waals surface area (Å²) in [6, 6.07) is 3.50. The van der Waals surface area contributed by atoms with Gasteiger partial charge in [0.2, 0.25) is 10.0 Å². The molecule has 0 heterocycles. The van der Waals surface area contributed by atoms with Crippen molar-refractivity contribution in [2.45, 2.75) is 24.8 Å². The molecule has 0 fully saturated rings. The molecular weight excluding hydrogens is 257 g/mol. The van der Waals surface area contributed by atoms with E-state index < -0.39 is 15.8 Å². The molecule has 1 rings (SSSR count). The van der Waals surface area contributed by atoms with Crippen molar-refractivity contribution >= 4 is 15.7 Å². The molecule has 2 atom stereocenters. The normalized spacial score (nSPS) is 15.2. The van der Waals surface area contributed by atoms with Crippen LogP contribution < -0.4 is 16.2 Å². The zero-order valence-corrected chi connectivity index (χ0v) is 11.2. The average molecular weight is 275 g/mol. The second kappa shape index (κ2) is 5.64. The number of sulfonamides is 1. The highest BCUT2D eigenvalue weighted by Crippen LogP contribution is 2.20. The van der Waals surface area contributed by atoms with E-state index in [1.54, 1.807) is 0 Å². The highest BCUT2D eigenvalue weighted by atomic mass is 32.2. The molecule has 102 valence electrons. The van der Waals surface area contributed by atoms with Crippen molar-refractivity contribution in [1.29, 1.82) is 0 Å². The van der Waals surface area contributed by atoms with Gasteiger partial charge < -0.3 is 11.1 Å². The van der Waals surface area contributed by atoms with Crippen LogP contribution in [0, 0.1) is 11.7 Å². The Morgan fingerprint density at radius 1 is 1.39 bits per heavy atom. The van der Waals surface area contributed by atoms with Gasteiger partial charge in [0.1, 0.15) is 5.82 Å². The highest BCUT2D eigenvalue weighted by Gasteiger charge is 2.15. The first kappa shape index (κ1) is 14.9. The number of primary sulfonamides is 1. The van der Waals surface area contributed by atoms with Gasteiger partial charge in [0.05, 0.1) is 10.6 Å². The molecular formula is C11H18FN3O2S. The standard InChI is InChI=1S/C11H18FN3O2S/c1-7(6-13)8(2)15-11-4-3-9(5-10(11)12)18(14,16)17/h3-5,7-8,15H,6,13H2,1-2H3,(H2,14,16,17). The molecule has 0 bridgehead atoms. The van der Waals surface area contributed by atoms with Crippen molar-refractivity contribution in [2.24, 2.45) is 16.8 Å². The third kappa shape index (κ3) is 3.66. The molecule has 0 aliphatic heterocycles. The van der Waals surface area contributed by atoms with Gasteiger partial charge in [-0.15, -0.1) is 0 Å². The molecule has 0 aliphatic carbocycles. The number of hydrogen-bond donors (Lipinski definition) is 3. The molecule has 0 amide bonds. The quantitative estimate of drug-likeness (QED) is 0.742. The summed E-state index contributed by atoms with van der Waals surface area (Å²) < 4.78 is 35.8. The molecule has 0 aromatic heterocycles. The molecule has 0 spiro atoms. The van der Waals surface area contributed by atoms with E-state index in [0.717, 1.165) is 6.07 Å². The number of hydrogen-bond acceptors (Lipinski definition) is 4. The Morgan fingerprint density at radius 2 is 2.00 bits per heavy atom. The van der Waals surface area contributed by atoms with Gasteiger partial charge in [-0.05, 0) is 37.6 Å². The first-order chi connectivity index (χ1) is 8.25.